The van der Waals surface area contributed by atoms with Crippen LogP contribution in [0.15, 0.2) is 36.5 Å². The summed E-state index contributed by atoms with van der Waals surface area (Å²) in [5.74, 6) is 2.56. The first-order valence-corrected chi connectivity index (χ1v) is 11.9. The van der Waals surface area contributed by atoms with Gasteiger partial charge in [0.05, 0.1) is 17.6 Å². The van der Waals surface area contributed by atoms with Crippen LogP contribution >= 0.6 is 0 Å². The average molecular weight is 483 g/mol. The fraction of sp³-hybridized carbons (Fsp3) is 0.480. The molecule has 1 aliphatic heterocycles. The van der Waals surface area contributed by atoms with Gasteiger partial charge in [-0.05, 0) is 32.0 Å². The fourth-order valence-electron chi connectivity index (χ4n) is 4.18. The minimum atomic E-state index is -0.603. The van der Waals surface area contributed by atoms with Gasteiger partial charge in [0, 0.05) is 51.5 Å². The molecule has 3 heterocycles. The lowest BCUT2D eigenvalue weighted by molar-refractivity contribution is 0.0853. The van der Waals surface area contributed by atoms with Gasteiger partial charge in [0.25, 0.3) is 0 Å². The Bertz CT molecular complexity index is 1120. The maximum absolute atomic E-state index is 9.98. The SMILES string of the molecule is CNCC(O)COc1cccc(-c2nc(-c3cnc(CO)n3C)cc(N(C)C3CCOCC3)n2)c1. The minimum absolute atomic E-state index is 0.151. The Morgan fingerprint density at radius 3 is 2.77 bits per heavy atom. The average Bonchev–Trinajstić information content (AvgIpc) is 3.28. The molecule has 0 aliphatic carbocycles. The number of imidazole rings is 1. The second-order valence-corrected chi connectivity index (χ2v) is 8.72. The van der Waals surface area contributed by atoms with E-state index < -0.39 is 6.10 Å². The Morgan fingerprint density at radius 2 is 2.06 bits per heavy atom. The number of ether oxygens (including phenoxy) is 2. The number of benzene rings is 1. The van der Waals surface area contributed by atoms with Crippen LogP contribution in [0, 0.1) is 0 Å². The summed E-state index contributed by atoms with van der Waals surface area (Å²) in [5, 5.41) is 22.5. The topological polar surface area (TPSA) is 118 Å². The van der Waals surface area contributed by atoms with E-state index >= 15 is 0 Å². The lowest BCUT2D eigenvalue weighted by Gasteiger charge is -2.32. The molecule has 1 aliphatic rings. The van der Waals surface area contributed by atoms with Gasteiger partial charge >= 0.3 is 0 Å². The van der Waals surface area contributed by atoms with Crippen molar-refractivity contribution in [3.05, 3.63) is 42.4 Å². The first-order chi connectivity index (χ1) is 17.0. The van der Waals surface area contributed by atoms with E-state index in [4.69, 9.17) is 19.4 Å². The maximum atomic E-state index is 9.98. The Morgan fingerprint density at radius 1 is 1.26 bits per heavy atom. The molecular formula is C25H34N6O4. The van der Waals surface area contributed by atoms with Crippen LogP contribution in [-0.2, 0) is 18.4 Å². The molecule has 1 unspecified atom stereocenters. The molecule has 3 aromatic rings. The lowest BCUT2D eigenvalue weighted by Crippen LogP contribution is -2.37. The standard InChI is InChI=1S/C25H34N6O4/c1-26-13-19(33)16-35-20-6-4-5-17(11-20)25-28-21(22-14-27-24(15-32)31(22)3)12-23(29-25)30(2)18-7-9-34-10-8-18/h4-6,11-12,14,18-19,26,32-33H,7-10,13,15-16H2,1-3H3. The van der Waals surface area contributed by atoms with Crippen LogP contribution in [0.25, 0.3) is 22.8 Å². The fourth-order valence-corrected chi connectivity index (χ4v) is 4.18. The number of aliphatic hydroxyl groups excluding tert-OH is 2. The van der Waals surface area contributed by atoms with Crippen LogP contribution in [0.1, 0.15) is 18.7 Å². The van der Waals surface area contributed by atoms with E-state index in [0.717, 1.165) is 48.8 Å². The van der Waals surface area contributed by atoms with Crippen molar-refractivity contribution in [1.82, 2.24) is 24.8 Å². The number of anilines is 1. The van der Waals surface area contributed by atoms with Crippen molar-refractivity contribution in [2.45, 2.75) is 31.6 Å². The molecule has 188 valence electrons. The van der Waals surface area contributed by atoms with E-state index in [9.17, 15) is 10.2 Å². The normalized spacial score (nSPS) is 15.2. The molecule has 10 heteroatoms. The summed E-state index contributed by atoms with van der Waals surface area (Å²) in [5.41, 5.74) is 2.31. The van der Waals surface area contributed by atoms with Gasteiger partial charge in [-0.3, -0.25) is 0 Å². The minimum Gasteiger partial charge on any atom is -0.491 e. The van der Waals surface area contributed by atoms with Gasteiger partial charge in [0.15, 0.2) is 5.82 Å². The molecule has 10 nitrogen and oxygen atoms in total. The zero-order valence-electron chi connectivity index (χ0n) is 20.5. The third-order valence-electron chi connectivity index (χ3n) is 6.28. The molecule has 0 amide bonds. The second kappa shape index (κ2) is 11.6. The zero-order chi connectivity index (χ0) is 24.8. The molecule has 0 bridgehead atoms. The maximum Gasteiger partial charge on any atom is 0.162 e. The predicted octanol–water partition coefficient (Wildman–Crippen LogP) is 1.61. The molecular weight excluding hydrogens is 448 g/mol. The summed E-state index contributed by atoms with van der Waals surface area (Å²) in [6.45, 7) is 1.96. The predicted molar refractivity (Wildman–Crippen MR) is 133 cm³/mol. The number of hydrogen-bond acceptors (Lipinski definition) is 9. The highest BCUT2D eigenvalue weighted by Gasteiger charge is 2.22. The van der Waals surface area contributed by atoms with E-state index in [1.807, 2.05) is 41.9 Å². The second-order valence-electron chi connectivity index (χ2n) is 8.72. The van der Waals surface area contributed by atoms with Gasteiger partial charge in [-0.2, -0.15) is 0 Å². The van der Waals surface area contributed by atoms with Gasteiger partial charge in [-0.1, -0.05) is 12.1 Å². The molecule has 1 atom stereocenters. The monoisotopic (exact) mass is 482 g/mol. The number of likely N-dealkylation sites (N-methyl/N-ethyl adjacent to an activating group) is 1. The molecule has 0 spiro atoms. The van der Waals surface area contributed by atoms with E-state index in [-0.39, 0.29) is 13.2 Å². The summed E-state index contributed by atoms with van der Waals surface area (Å²) in [6.07, 6.45) is 2.99. The van der Waals surface area contributed by atoms with E-state index in [1.54, 1.807) is 13.2 Å². The molecule has 3 N–H and O–H groups in total. The van der Waals surface area contributed by atoms with Crippen molar-refractivity contribution in [1.29, 1.82) is 0 Å². The van der Waals surface area contributed by atoms with E-state index in [1.165, 1.54) is 0 Å². The van der Waals surface area contributed by atoms with Crippen LogP contribution in [0.2, 0.25) is 0 Å². The quantitative estimate of drug-likeness (QED) is 0.396. The van der Waals surface area contributed by atoms with Gasteiger partial charge in [-0.15, -0.1) is 0 Å². The van der Waals surface area contributed by atoms with Crippen molar-refractivity contribution in [2.24, 2.45) is 7.05 Å². The smallest absolute Gasteiger partial charge is 0.162 e. The highest BCUT2D eigenvalue weighted by molar-refractivity contribution is 5.67. The molecule has 1 saturated heterocycles. The van der Waals surface area contributed by atoms with Crippen LogP contribution in [-0.4, -0.2) is 82.3 Å². The number of rotatable bonds is 10. The highest BCUT2D eigenvalue weighted by atomic mass is 16.5. The van der Waals surface area contributed by atoms with Crippen molar-refractivity contribution >= 4 is 5.82 Å². The van der Waals surface area contributed by atoms with Crippen molar-refractivity contribution in [3.8, 4) is 28.5 Å². The number of nitrogens with zero attached hydrogens (tertiary/aromatic N) is 5. The Balaban J connectivity index is 1.70. The van der Waals surface area contributed by atoms with Gasteiger partial charge < -0.3 is 34.5 Å². The molecule has 1 fully saturated rings. The summed E-state index contributed by atoms with van der Waals surface area (Å²) in [6, 6.07) is 9.85. The number of aromatic nitrogens is 4. The van der Waals surface area contributed by atoms with Crippen LogP contribution in [0.5, 0.6) is 5.75 Å². The van der Waals surface area contributed by atoms with Gasteiger partial charge in [-0.25, -0.2) is 15.0 Å². The van der Waals surface area contributed by atoms with E-state index in [0.29, 0.717) is 30.0 Å². The third-order valence-corrected chi connectivity index (χ3v) is 6.28. The first kappa shape index (κ1) is 25.1. The van der Waals surface area contributed by atoms with Crippen molar-refractivity contribution in [3.63, 3.8) is 0 Å². The van der Waals surface area contributed by atoms with Crippen LogP contribution in [0.3, 0.4) is 0 Å². The summed E-state index contributed by atoms with van der Waals surface area (Å²) in [4.78, 5) is 16.3. The van der Waals surface area contributed by atoms with Gasteiger partial charge in [0.2, 0.25) is 0 Å². The molecule has 0 radical (unpaired) electrons. The molecule has 1 aromatic carbocycles. The molecule has 35 heavy (non-hydrogen) atoms. The molecule has 4 rings (SSSR count). The van der Waals surface area contributed by atoms with Gasteiger partial charge in [0.1, 0.15) is 36.7 Å². The summed E-state index contributed by atoms with van der Waals surface area (Å²) in [7, 11) is 5.70. The Labute approximate surface area is 205 Å². The summed E-state index contributed by atoms with van der Waals surface area (Å²) >= 11 is 0. The summed E-state index contributed by atoms with van der Waals surface area (Å²) < 4.78 is 13.2. The van der Waals surface area contributed by atoms with Crippen LogP contribution < -0.4 is 15.0 Å². The lowest BCUT2D eigenvalue weighted by atomic mass is 10.1. The Kier molecular flexibility index (Phi) is 8.29. The first-order valence-electron chi connectivity index (χ1n) is 11.9. The zero-order valence-corrected chi connectivity index (χ0v) is 20.5. The molecule has 0 saturated carbocycles. The number of hydrogen-bond donors (Lipinski definition) is 3. The highest BCUT2D eigenvalue weighted by Crippen LogP contribution is 2.29. The van der Waals surface area contributed by atoms with Crippen molar-refractivity contribution in [2.75, 3.05) is 45.4 Å². The Hall–Kier alpha value is -3.05. The van der Waals surface area contributed by atoms with Crippen LogP contribution in [0.4, 0.5) is 5.82 Å². The van der Waals surface area contributed by atoms with E-state index in [2.05, 4.69) is 22.2 Å². The third kappa shape index (κ3) is 5.96. The number of nitrogens with one attached hydrogen (secondary N) is 1. The largest absolute Gasteiger partial charge is 0.491 e. The molecule has 2 aromatic heterocycles. The number of aliphatic hydroxyl groups is 2. The van der Waals surface area contributed by atoms with Crippen molar-refractivity contribution < 1.29 is 19.7 Å².